The quantitative estimate of drug-likeness (QED) is 0.643. The van der Waals surface area contributed by atoms with Crippen molar-refractivity contribution in [2.24, 2.45) is 5.92 Å². The van der Waals surface area contributed by atoms with Gasteiger partial charge in [0, 0.05) is 12.1 Å². The molecular formula is C13H17N5O2. The van der Waals surface area contributed by atoms with Crippen molar-refractivity contribution in [1.82, 2.24) is 20.1 Å². The molecule has 1 aromatic heterocycles. The van der Waals surface area contributed by atoms with Crippen molar-refractivity contribution in [3.8, 4) is 5.69 Å². The summed E-state index contributed by atoms with van der Waals surface area (Å²) in [6.45, 7) is 5.77. The minimum Gasteiger partial charge on any atom is -0.310 e. The van der Waals surface area contributed by atoms with E-state index in [1.807, 2.05) is 0 Å². The van der Waals surface area contributed by atoms with E-state index in [1.165, 1.54) is 18.5 Å². The number of hydrogen-bond donors (Lipinski definition) is 1. The Morgan fingerprint density at radius 3 is 2.65 bits per heavy atom. The van der Waals surface area contributed by atoms with Gasteiger partial charge in [0.1, 0.15) is 12.2 Å². The third-order valence-electron chi connectivity index (χ3n) is 2.76. The Balaban J connectivity index is 2.12. The first-order valence-corrected chi connectivity index (χ1v) is 6.42. The first kappa shape index (κ1) is 14.1. The van der Waals surface area contributed by atoms with Crippen LogP contribution in [0.2, 0.25) is 0 Å². The second-order valence-corrected chi connectivity index (χ2v) is 4.89. The van der Waals surface area contributed by atoms with E-state index in [0.717, 1.165) is 18.1 Å². The minimum absolute atomic E-state index is 0.0633. The van der Waals surface area contributed by atoms with Crippen LogP contribution in [0, 0.1) is 16.0 Å². The van der Waals surface area contributed by atoms with Crippen LogP contribution in [0.3, 0.4) is 0 Å². The molecule has 0 aliphatic heterocycles. The van der Waals surface area contributed by atoms with Crippen LogP contribution in [-0.2, 0) is 6.54 Å². The number of nitrogens with one attached hydrogen (secondary N) is 1. The number of hydrogen-bond acceptors (Lipinski definition) is 5. The smallest absolute Gasteiger partial charge is 0.269 e. The fourth-order valence-corrected chi connectivity index (χ4v) is 1.79. The number of nitrogens with zero attached hydrogens (tertiary/aromatic N) is 4. The highest BCUT2D eigenvalue weighted by Crippen LogP contribution is 2.15. The summed E-state index contributed by atoms with van der Waals surface area (Å²) in [6.07, 6.45) is 1.48. The van der Waals surface area contributed by atoms with Crippen LogP contribution in [0.15, 0.2) is 30.6 Å². The first-order chi connectivity index (χ1) is 9.58. The van der Waals surface area contributed by atoms with Crippen molar-refractivity contribution in [2.75, 3.05) is 6.54 Å². The molecule has 1 N–H and O–H groups in total. The van der Waals surface area contributed by atoms with E-state index in [0.29, 0.717) is 12.5 Å². The molecule has 7 heteroatoms. The number of rotatable bonds is 6. The third kappa shape index (κ3) is 3.39. The standard InChI is InChI=1S/C13H17N5O2/c1-10(2)7-14-8-13-15-9-16-17(13)11-3-5-12(6-4-11)18(19)20/h3-6,9-10,14H,7-8H2,1-2H3. The zero-order chi connectivity index (χ0) is 14.5. The second-order valence-electron chi connectivity index (χ2n) is 4.89. The van der Waals surface area contributed by atoms with Gasteiger partial charge in [-0.2, -0.15) is 5.10 Å². The molecule has 7 nitrogen and oxygen atoms in total. The highest BCUT2D eigenvalue weighted by molar-refractivity contribution is 5.40. The molecule has 1 heterocycles. The van der Waals surface area contributed by atoms with Gasteiger partial charge < -0.3 is 5.32 Å². The van der Waals surface area contributed by atoms with Crippen LogP contribution in [0.4, 0.5) is 5.69 Å². The van der Waals surface area contributed by atoms with Gasteiger partial charge in [-0.25, -0.2) is 9.67 Å². The molecule has 0 aliphatic carbocycles. The number of non-ortho nitro benzene ring substituents is 1. The SMILES string of the molecule is CC(C)CNCc1ncnn1-c1ccc([N+](=O)[O-])cc1. The summed E-state index contributed by atoms with van der Waals surface area (Å²) in [7, 11) is 0. The lowest BCUT2D eigenvalue weighted by atomic mass is 10.2. The summed E-state index contributed by atoms with van der Waals surface area (Å²) >= 11 is 0. The Hall–Kier alpha value is -2.28. The Morgan fingerprint density at radius 2 is 2.05 bits per heavy atom. The van der Waals surface area contributed by atoms with E-state index in [2.05, 4.69) is 29.2 Å². The van der Waals surface area contributed by atoms with Gasteiger partial charge in [-0.05, 0) is 24.6 Å². The molecule has 20 heavy (non-hydrogen) atoms. The molecule has 0 spiro atoms. The van der Waals surface area contributed by atoms with Crippen LogP contribution in [0.5, 0.6) is 0 Å². The summed E-state index contributed by atoms with van der Waals surface area (Å²) in [6, 6.07) is 6.25. The molecule has 1 aromatic carbocycles. The van der Waals surface area contributed by atoms with E-state index in [1.54, 1.807) is 16.8 Å². The fraction of sp³-hybridized carbons (Fsp3) is 0.385. The molecule has 0 atom stereocenters. The largest absolute Gasteiger partial charge is 0.310 e. The predicted octanol–water partition coefficient (Wildman–Crippen LogP) is 1.92. The van der Waals surface area contributed by atoms with E-state index < -0.39 is 4.92 Å². The Morgan fingerprint density at radius 1 is 1.35 bits per heavy atom. The third-order valence-corrected chi connectivity index (χ3v) is 2.76. The van der Waals surface area contributed by atoms with Crippen LogP contribution in [0.25, 0.3) is 5.69 Å². The Kier molecular flexibility index (Phi) is 4.41. The van der Waals surface area contributed by atoms with Crippen molar-refractivity contribution < 1.29 is 4.92 Å². The van der Waals surface area contributed by atoms with E-state index >= 15 is 0 Å². The summed E-state index contributed by atoms with van der Waals surface area (Å²) in [4.78, 5) is 14.4. The van der Waals surface area contributed by atoms with Crippen molar-refractivity contribution in [1.29, 1.82) is 0 Å². The van der Waals surface area contributed by atoms with Crippen molar-refractivity contribution in [3.05, 3.63) is 46.5 Å². The average molecular weight is 275 g/mol. The Labute approximate surface area is 116 Å². The topological polar surface area (TPSA) is 85.9 Å². The lowest BCUT2D eigenvalue weighted by molar-refractivity contribution is -0.384. The summed E-state index contributed by atoms with van der Waals surface area (Å²) in [5.41, 5.74) is 0.822. The van der Waals surface area contributed by atoms with Crippen molar-refractivity contribution in [3.63, 3.8) is 0 Å². The zero-order valence-electron chi connectivity index (χ0n) is 11.5. The summed E-state index contributed by atoms with van der Waals surface area (Å²) < 4.78 is 1.68. The number of benzene rings is 1. The molecule has 2 aromatic rings. The van der Waals surface area contributed by atoms with Gasteiger partial charge in [0.05, 0.1) is 17.2 Å². The van der Waals surface area contributed by atoms with Gasteiger partial charge in [-0.15, -0.1) is 0 Å². The lowest BCUT2D eigenvalue weighted by Gasteiger charge is -2.08. The van der Waals surface area contributed by atoms with Crippen molar-refractivity contribution >= 4 is 5.69 Å². The molecule has 0 aliphatic rings. The summed E-state index contributed by atoms with van der Waals surface area (Å²) in [5, 5.41) is 18.1. The number of aromatic nitrogens is 3. The van der Waals surface area contributed by atoms with Crippen LogP contribution >= 0.6 is 0 Å². The molecule has 0 fully saturated rings. The molecule has 2 rings (SSSR count). The maximum Gasteiger partial charge on any atom is 0.269 e. The summed E-state index contributed by atoms with van der Waals surface area (Å²) in [5.74, 6) is 1.34. The molecule has 0 radical (unpaired) electrons. The van der Waals surface area contributed by atoms with Crippen LogP contribution < -0.4 is 5.32 Å². The highest BCUT2D eigenvalue weighted by Gasteiger charge is 2.09. The molecule has 0 unspecified atom stereocenters. The fourth-order valence-electron chi connectivity index (χ4n) is 1.79. The normalized spacial score (nSPS) is 10.9. The van der Waals surface area contributed by atoms with Gasteiger partial charge in [-0.3, -0.25) is 10.1 Å². The molecule has 0 saturated heterocycles. The van der Waals surface area contributed by atoms with Gasteiger partial charge in [-0.1, -0.05) is 13.8 Å². The monoisotopic (exact) mass is 275 g/mol. The maximum atomic E-state index is 10.6. The van der Waals surface area contributed by atoms with E-state index in [9.17, 15) is 10.1 Å². The predicted molar refractivity (Wildman–Crippen MR) is 74.6 cm³/mol. The van der Waals surface area contributed by atoms with Crippen molar-refractivity contribution in [2.45, 2.75) is 20.4 Å². The zero-order valence-corrected chi connectivity index (χ0v) is 11.5. The lowest BCUT2D eigenvalue weighted by Crippen LogP contribution is -2.21. The Bertz CT molecular complexity index is 577. The molecule has 0 bridgehead atoms. The van der Waals surface area contributed by atoms with Gasteiger partial charge in [0.15, 0.2) is 0 Å². The van der Waals surface area contributed by atoms with E-state index in [-0.39, 0.29) is 5.69 Å². The molecule has 0 amide bonds. The van der Waals surface area contributed by atoms with Gasteiger partial charge in [0.25, 0.3) is 5.69 Å². The van der Waals surface area contributed by atoms with Crippen LogP contribution in [-0.4, -0.2) is 26.2 Å². The highest BCUT2D eigenvalue weighted by atomic mass is 16.6. The number of nitro benzene ring substituents is 1. The number of nitro groups is 1. The second kappa shape index (κ2) is 6.25. The molecule has 106 valence electrons. The minimum atomic E-state index is -0.420. The van der Waals surface area contributed by atoms with E-state index in [4.69, 9.17) is 0 Å². The first-order valence-electron chi connectivity index (χ1n) is 6.42. The van der Waals surface area contributed by atoms with Gasteiger partial charge in [0.2, 0.25) is 0 Å². The van der Waals surface area contributed by atoms with Crippen LogP contribution in [0.1, 0.15) is 19.7 Å². The average Bonchev–Trinajstić information content (AvgIpc) is 2.87. The maximum absolute atomic E-state index is 10.6. The molecule has 0 saturated carbocycles. The molecular weight excluding hydrogens is 258 g/mol. The van der Waals surface area contributed by atoms with Gasteiger partial charge >= 0.3 is 0 Å².